The van der Waals surface area contributed by atoms with Crippen molar-refractivity contribution < 1.29 is 29.6 Å². The van der Waals surface area contributed by atoms with E-state index in [9.17, 15) is 20.1 Å². The first-order valence-corrected chi connectivity index (χ1v) is 8.05. The molecule has 0 unspecified atom stereocenters. The smallest absolute Gasteiger partial charge is 0.223 e. The first-order chi connectivity index (χ1) is 12.0. The van der Waals surface area contributed by atoms with Gasteiger partial charge in [0.15, 0.2) is 0 Å². The van der Waals surface area contributed by atoms with E-state index in [0.29, 0.717) is 5.75 Å². The van der Waals surface area contributed by atoms with Gasteiger partial charge in [-0.2, -0.15) is 0 Å². The average Bonchev–Trinajstić information content (AvgIpc) is 2.61. The zero-order chi connectivity index (χ0) is 18.0. The first kappa shape index (κ1) is 17.6. The minimum atomic E-state index is -1.34. The lowest BCUT2D eigenvalue weighted by atomic mass is 9.97. The van der Waals surface area contributed by atoms with Crippen molar-refractivity contribution in [2.45, 2.75) is 37.6 Å². The molecule has 2 aromatic rings. The van der Waals surface area contributed by atoms with Crippen LogP contribution in [0.5, 0.6) is 5.75 Å². The van der Waals surface area contributed by atoms with E-state index in [2.05, 4.69) is 5.32 Å². The highest BCUT2D eigenvalue weighted by atomic mass is 16.7. The number of amides is 1. The Labute approximate surface area is 144 Å². The lowest BCUT2D eigenvalue weighted by Crippen LogP contribution is -2.65. The summed E-state index contributed by atoms with van der Waals surface area (Å²) in [5, 5.41) is 34.1. The van der Waals surface area contributed by atoms with Gasteiger partial charge in [0, 0.05) is 12.3 Å². The Morgan fingerprint density at radius 3 is 2.60 bits per heavy atom. The standard InChI is InChI=1S/C18H21NO6/c1-10(21)19-15-17(23)16(22)14(9-20)25-18(15)24-13-8-4-6-11-5-2-3-7-12(11)13/h2-8,14-18,20,22-23H,9H2,1H3,(H,19,21)/t14-,15+,16-,17-,18-/m1/s1. The summed E-state index contributed by atoms with van der Waals surface area (Å²) in [6.07, 6.45) is -4.76. The number of rotatable bonds is 4. The number of fused-ring (bicyclic) bond motifs is 1. The van der Waals surface area contributed by atoms with Crippen molar-refractivity contribution in [2.75, 3.05) is 6.61 Å². The van der Waals surface area contributed by atoms with Crippen LogP contribution in [0.4, 0.5) is 0 Å². The molecule has 7 nitrogen and oxygen atoms in total. The van der Waals surface area contributed by atoms with Crippen LogP contribution in [-0.2, 0) is 9.53 Å². The summed E-state index contributed by atoms with van der Waals surface area (Å²) in [6, 6.07) is 12.1. The van der Waals surface area contributed by atoms with Crippen molar-refractivity contribution in [1.82, 2.24) is 5.32 Å². The van der Waals surface area contributed by atoms with E-state index in [-0.39, 0.29) is 0 Å². The number of aliphatic hydroxyl groups excluding tert-OH is 3. The highest BCUT2D eigenvalue weighted by Crippen LogP contribution is 2.29. The van der Waals surface area contributed by atoms with E-state index in [1.165, 1.54) is 6.92 Å². The third-order valence-electron chi connectivity index (χ3n) is 4.24. The van der Waals surface area contributed by atoms with Gasteiger partial charge in [-0.25, -0.2) is 0 Å². The van der Waals surface area contributed by atoms with E-state index in [4.69, 9.17) is 9.47 Å². The fraction of sp³-hybridized carbons (Fsp3) is 0.389. The number of carbonyl (C=O) groups is 1. The fourth-order valence-corrected chi connectivity index (χ4v) is 2.99. The minimum absolute atomic E-state index is 0.395. The van der Waals surface area contributed by atoms with Crippen molar-refractivity contribution in [3.8, 4) is 5.75 Å². The summed E-state index contributed by atoms with van der Waals surface area (Å²) in [5.74, 6) is 0.118. The van der Waals surface area contributed by atoms with Gasteiger partial charge in [0.2, 0.25) is 12.2 Å². The van der Waals surface area contributed by atoms with Gasteiger partial charge in [0.05, 0.1) is 6.61 Å². The molecule has 5 atom stereocenters. The molecule has 2 aromatic carbocycles. The van der Waals surface area contributed by atoms with Gasteiger partial charge < -0.3 is 30.1 Å². The Morgan fingerprint density at radius 1 is 1.16 bits per heavy atom. The van der Waals surface area contributed by atoms with Crippen LogP contribution in [0.1, 0.15) is 6.92 Å². The molecule has 7 heteroatoms. The topological polar surface area (TPSA) is 108 Å². The van der Waals surface area contributed by atoms with Crippen LogP contribution in [0.25, 0.3) is 10.8 Å². The molecule has 4 N–H and O–H groups in total. The van der Waals surface area contributed by atoms with Crippen LogP contribution in [0.3, 0.4) is 0 Å². The van der Waals surface area contributed by atoms with Crippen molar-refractivity contribution in [3.63, 3.8) is 0 Å². The summed E-state index contributed by atoms with van der Waals surface area (Å²) >= 11 is 0. The maximum Gasteiger partial charge on any atom is 0.223 e. The van der Waals surface area contributed by atoms with E-state index in [1.807, 2.05) is 36.4 Å². The van der Waals surface area contributed by atoms with Crippen LogP contribution in [0, 0.1) is 0 Å². The van der Waals surface area contributed by atoms with Crippen LogP contribution < -0.4 is 10.1 Å². The third kappa shape index (κ3) is 3.59. The zero-order valence-corrected chi connectivity index (χ0v) is 13.7. The molecular formula is C18H21NO6. The summed E-state index contributed by atoms with van der Waals surface area (Å²) in [7, 11) is 0. The van der Waals surface area contributed by atoms with Gasteiger partial charge in [-0.05, 0) is 11.5 Å². The molecule has 1 fully saturated rings. The summed E-state index contributed by atoms with van der Waals surface area (Å²) < 4.78 is 11.5. The van der Waals surface area contributed by atoms with Crippen LogP contribution in [-0.4, -0.2) is 58.5 Å². The molecule has 134 valence electrons. The van der Waals surface area contributed by atoms with Gasteiger partial charge >= 0.3 is 0 Å². The average molecular weight is 347 g/mol. The lowest BCUT2D eigenvalue weighted by molar-refractivity contribution is -0.244. The molecule has 0 aromatic heterocycles. The van der Waals surface area contributed by atoms with E-state index in [1.54, 1.807) is 6.07 Å². The third-order valence-corrected chi connectivity index (χ3v) is 4.24. The molecule has 0 aliphatic carbocycles. The van der Waals surface area contributed by atoms with Crippen LogP contribution in [0.2, 0.25) is 0 Å². The fourth-order valence-electron chi connectivity index (χ4n) is 2.99. The second kappa shape index (κ2) is 7.37. The van der Waals surface area contributed by atoms with Gasteiger partial charge in [-0.1, -0.05) is 36.4 Å². The number of carbonyl (C=O) groups excluding carboxylic acids is 1. The van der Waals surface area contributed by atoms with E-state index < -0.39 is 43.2 Å². The van der Waals surface area contributed by atoms with Crippen molar-refractivity contribution in [3.05, 3.63) is 42.5 Å². The van der Waals surface area contributed by atoms with E-state index >= 15 is 0 Å². The molecule has 1 aliphatic heterocycles. The molecule has 25 heavy (non-hydrogen) atoms. The van der Waals surface area contributed by atoms with Crippen molar-refractivity contribution >= 4 is 16.7 Å². The molecule has 1 heterocycles. The number of ether oxygens (including phenoxy) is 2. The van der Waals surface area contributed by atoms with Crippen LogP contribution in [0.15, 0.2) is 42.5 Å². The van der Waals surface area contributed by atoms with Crippen molar-refractivity contribution in [2.24, 2.45) is 0 Å². The van der Waals surface area contributed by atoms with Gasteiger partial charge in [-0.3, -0.25) is 4.79 Å². The monoisotopic (exact) mass is 347 g/mol. The zero-order valence-electron chi connectivity index (χ0n) is 13.7. The molecule has 3 rings (SSSR count). The molecule has 0 radical (unpaired) electrons. The molecule has 1 amide bonds. The second-order valence-electron chi connectivity index (χ2n) is 6.03. The molecule has 1 aliphatic rings. The molecule has 0 saturated carbocycles. The molecule has 0 spiro atoms. The minimum Gasteiger partial charge on any atom is -0.462 e. The Balaban J connectivity index is 1.92. The summed E-state index contributed by atoms with van der Waals surface area (Å²) in [5.41, 5.74) is 0. The number of hydrogen-bond acceptors (Lipinski definition) is 6. The number of aliphatic hydroxyl groups is 3. The van der Waals surface area contributed by atoms with Crippen LogP contribution >= 0.6 is 0 Å². The van der Waals surface area contributed by atoms with Gasteiger partial charge in [0.1, 0.15) is 30.1 Å². The first-order valence-electron chi connectivity index (χ1n) is 8.05. The lowest BCUT2D eigenvalue weighted by Gasteiger charge is -2.42. The predicted molar refractivity (Wildman–Crippen MR) is 89.9 cm³/mol. The highest BCUT2D eigenvalue weighted by Gasteiger charge is 2.46. The molecule has 1 saturated heterocycles. The molecule has 0 bridgehead atoms. The summed E-state index contributed by atoms with van der Waals surface area (Å²) in [4.78, 5) is 11.5. The largest absolute Gasteiger partial charge is 0.462 e. The quantitative estimate of drug-likeness (QED) is 0.628. The molecular weight excluding hydrogens is 326 g/mol. The maximum absolute atomic E-state index is 11.5. The Morgan fingerprint density at radius 2 is 1.88 bits per heavy atom. The second-order valence-corrected chi connectivity index (χ2v) is 6.03. The normalized spacial score (nSPS) is 29.4. The van der Waals surface area contributed by atoms with E-state index in [0.717, 1.165) is 10.8 Å². The predicted octanol–water partition coefficient (Wildman–Crippen LogP) is 0.162. The SMILES string of the molecule is CC(=O)N[C@@H]1[C@H](Oc2cccc3ccccc23)O[C@H](CO)[C@@H](O)[C@@H]1O. The maximum atomic E-state index is 11.5. The van der Waals surface area contributed by atoms with Crippen molar-refractivity contribution in [1.29, 1.82) is 0 Å². The highest BCUT2D eigenvalue weighted by molar-refractivity contribution is 5.88. The Bertz CT molecular complexity index is 746. The number of benzene rings is 2. The number of nitrogens with one attached hydrogen (secondary N) is 1. The van der Waals surface area contributed by atoms with Gasteiger partial charge in [-0.15, -0.1) is 0 Å². The Kier molecular flexibility index (Phi) is 5.19. The Hall–Kier alpha value is -2.19. The van der Waals surface area contributed by atoms with Gasteiger partial charge in [0.25, 0.3) is 0 Å². The summed E-state index contributed by atoms with van der Waals surface area (Å²) in [6.45, 7) is 0.812. The number of hydrogen-bond donors (Lipinski definition) is 4.